The number of benzene rings is 2. The molecule has 0 aliphatic heterocycles. The first-order chi connectivity index (χ1) is 14.0. The Morgan fingerprint density at radius 2 is 1.69 bits per heavy atom. The Kier molecular flexibility index (Phi) is 8.39. The Morgan fingerprint density at radius 3 is 2.34 bits per heavy atom. The highest BCUT2D eigenvalue weighted by Crippen LogP contribution is 2.28. The number of alkyl halides is 2. The highest BCUT2D eigenvalue weighted by Gasteiger charge is 2.19. The van der Waals surface area contributed by atoms with Gasteiger partial charge in [0.2, 0.25) is 5.91 Å². The zero-order chi connectivity index (χ0) is 21.2. The number of methoxy groups -OCH3 is 1. The topological polar surface area (TPSA) is 76.7 Å². The fraction of sp³-hybridized carbons (Fsp3) is 0.333. The molecule has 0 bridgehead atoms. The summed E-state index contributed by atoms with van der Waals surface area (Å²) in [4.78, 5) is 24.5. The number of para-hydroxylation sites is 2. The zero-order valence-corrected chi connectivity index (χ0v) is 16.3. The molecule has 1 unspecified atom stereocenters. The molecule has 2 N–H and O–H groups in total. The van der Waals surface area contributed by atoms with Crippen molar-refractivity contribution in [2.45, 2.75) is 32.4 Å². The molecule has 0 aromatic heterocycles. The molecule has 2 rings (SSSR count). The molecule has 0 saturated carbocycles. The predicted octanol–water partition coefficient (Wildman–Crippen LogP) is 3.68. The maximum Gasteiger partial charge on any atom is 0.387 e. The minimum atomic E-state index is -2.95. The van der Waals surface area contributed by atoms with Crippen LogP contribution in [0.25, 0.3) is 0 Å². The second kappa shape index (κ2) is 11.0. The molecular formula is C21H24F2N2O4. The molecule has 0 saturated heterocycles. The summed E-state index contributed by atoms with van der Waals surface area (Å²) >= 11 is 0. The largest absolute Gasteiger partial charge is 0.496 e. The number of hydrogen-bond acceptors (Lipinski definition) is 4. The summed E-state index contributed by atoms with van der Waals surface area (Å²) in [5, 5.41) is 5.46. The van der Waals surface area contributed by atoms with Crippen molar-refractivity contribution in [2.24, 2.45) is 0 Å². The molecule has 0 fully saturated rings. The molecule has 0 heterocycles. The van der Waals surface area contributed by atoms with Crippen LogP contribution in [0.2, 0.25) is 0 Å². The number of amides is 2. The standard InChI is InChI=1S/C21H24F2N2O4/c1-3-16(14-8-4-7-11-18(14)29-21(22)23)25-19(26)12-13-24-20(27)15-9-5-6-10-17(15)28-2/h4-11,16,21H,3,12-13H2,1-2H3,(H,24,27)(H,25,26). The van der Waals surface area contributed by atoms with Crippen LogP contribution in [0.4, 0.5) is 8.78 Å². The third-order valence-corrected chi connectivity index (χ3v) is 4.24. The van der Waals surface area contributed by atoms with Gasteiger partial charge in [-0.25, -0.2) is 0 Å². The summed E-state index contributed by atoms with van der Waals surface area (Å²) in [7, 11) is 1.47. The first kappa shape index (κ1) is 22.1. The molecule has 6 nitrogen and oxygen atoms in total. The van der Waals surface area contributed by atoms with Crippen LogP contribution in [-0.4, -0.2) is 32.1 Å². The van der Waals surface area contributed by atoms with Crippen LogP contribution in [-0.2, 0) is 4.79 Å². The predicted molar refractivity (Wildman–Crippen MR) is 104 cm³/mol. The van der Waals surface area contributed by atoms with Crippen LogP contribution in [0.5, 0.6) is 11.5 Å². The van der Waals surface area contributed by atoms with E-state index in [1.165, 1.54) is 13.2 Å². The first-order valence-electron chi connectivity index (χ1n) is 9.20. The number of ether oxygens (including phenoxy) is 2. The average Bonchev–Trinajstić information content (AvgIpc) is 2.72. The molecule has 1 atom stereocenters. The number of nitrogens with one attached hydrogen (secondary N) is 2. The van der Waals surface area contributed by atoms with Crippen LogP contribution in [0.15, 0.2) is 48.5 Å². The van der Waals surface area contributed by atoms with Gasteiger partial charge < -0.3 is 20.1 Å². The van der Waals surface area contributed by atoms with E-state index in [2.05, 4.69) is 15.4 Å². The van der Waals surface area contributed by atoms with Crippen molar-refractivity contribution in [2.75, 3.05) is 13.7 Å². The highest BCUT2D eigenvalue weighted by atomic mass is 19.3. The fourth-order valence-electron chi connectivity index (χ4n) is 2.85. The van der Waals surface area contributed by atoms with E-state index in [9.17, 15) is 18.4 Å². The lowest BCUT2D eigenvalue weighted by Gasteiger charge is -2.20. The van der Waals surface area contributed by atoms with Gasteiger partial charge in [-0.3, -0.25) is 9.59 Å². The number of carbonyl (C=O) groups is 2. The number of halogens is 2. The smallest absolute Gasteiger partial charge is 0.387 e. The Hall–Kier alpha value is -3.16. The van der Waals surface area contributed by atoms with E-state index < -0.39 is 12.7 Å². The second-order valence-electron chi connectivity index (χ2n) is 6.15. The molecular weight excluding hydrogens is 382 g/mol. The van der Waals surface area contributed by atoms with Gasteiger partial charge in [0.1, 0.15) is 11.5 Å². The normalized spacial score (nSPS) is 11.6. The highest BCUT2D eigenvalue weighted by molar-refractivity contribution is 5.97. The lowest BCUT2D eigenvalue weighted by Crippen LogP contribution is -2.33. The summed E-state index contributed by atoms with van der Waals surface area (Å²) in [6.07, 6.45) is 0.526. The van der Waals surface area contributed by atoms with Gasteiger partial charge >= 0.3 is 6.61 Å². The third kappa shape index (κ3) is 6.44. The van der Waals surface area contributed by atoms with Gasteiger partial charge in [0.25, 0.3) is 5.91 Å². The third-order valence-electron chi connectivity index (χ3n) is 4.24. The van der Waals surface area contributed by atoms with Crippen molar-refractivity contribution in [3.8, 4) is 11.5 Å². The average molecular weight is 406 g/mol. The zero-order valence-electron chi connectivity index (χ0n) is 16.3. The maximum atomic E-state index is 12.6. The Balaban J connectivity index is 1.92. The Labute approximate surface area is 168 Å². The summed E-state index contributed by atoms with van der Waals surface area (Å²) in [5.41, 5.74) is 0.849. The molecule has 0 spiro atoms. The monoisotopic (exact) mass is 406 g/mol. The van der Waals surface area contributed by atoms with Crippen LogP contribution in [0.1, 0.15) is 41.7 Å². The van der Waals surface area contributed by atoms with E-state index in [0.717, 1.165) is 0 Å². The van der Waals surface area contributed by atoms with E-state index in [-0.39, 0.29) is 30.5 Å². The lowest BCUT2D eigenvalue weighted by molar-refractivity contribution is -0.121. The first-order valence-corrected chi connectivity index (χ1v) is 9.20. The fourth-order valence-corrected chi connectivity index (χ4v) is 2.85. The van der Waals surface area contributed by atoms with Gasteiger partial charge in [-0.05, 0) is 24.6 Å². The molecule has 156 valence electrons. The van der Waals surface area contributed by atoms with E-state index >= 15 is 0 Å². The summed E-state index contributed by atoms with van der Waals surface area (Å²) in [5.74, 6) is -0.197. The van der Waals surface area contributed by atoms with Gasteiger partial charge in [0, 0.05) is 18.5 Å². The lowest BCUT2D eigenvalue weighted by atomic mass is 10.0. The minimum absolute atomic E-state index is 0.0270. The van der Waals surface area contributed by atoms with E-state index in [0.29, 0.717) is 23.3 Å². The quantitative estimate of drug-likeness (QED) is 0.631. The van der Waals surface area contributed by atoms with Crippen LogP contribution < -0.4 is 20.1 Å². The molecule has 2 aromatic rings. The van der Waals surface area contributed by atoms with Crippen molar-refractivity contribution < 1.29 is 27.8 Å². The molecule has 2 aromatic carbocycles. The summed E-state index contributed by atoms with van der Waals surface area (Å²) in [6, 6.07) is 12.6. The van der Waals surface area contributed by atoms with Crippen molar-refractivity contribution >= 4 is 11.8 Å². The van der Waals surface area contributed by atoms with Gasteiger partial charge in [-0.15, -0.1) is 0 Å². The van der Waals surface area contributed by atoms with E-state index in [4.69, 9.17) is 4.74 Å². The van der Waals surface area contributed by atoms with Crippen LogP contribution >= 0.6 is 0 Å². The molecule has 0 radical (unpaired) electrons. The number of rotatable bonds is 10. The van der Waals surface area contributed by atoms with Crippen molar-refractivity contribution in [3.63, 3.8) is 0 Å². The van der Waals surface area contributed by atoms with Crippen molar-refractivity contribution in [1.29, 1.82) is 0 Å². The van der Waals surface area contributed by atoms with Crippen LogP contribution in [0.3, 0.4) is 0 Å². The van der Waals surface area contributed by atoms with Crippen LogP contribution in [0, 0.1) is 0 Å². The minimum Gasteiger partial charge on any atom is -0.496 e. The van der Waals surface area contributed by atoms with Gasteiger partial charge in [0.05, 0.1) is 18.7 Å². The Morgan fingerprint density at radius 1 is 1.03 bits per heavy atom. The SMILES string of the molecule is CCC(NC(=O)CCNC(=O)c1ccccc1OC)c1ccccc1OC(F)F. The summed E-state index contributed by atoms with van der Waals surface area (Å²) in [6.45, 7) is -1.00. The Bertz CT molecular complexity index is 830. The van der Waals surface area contributed by atoms with Gasteiger partial charge in [-0.1, -0.05) is 37.3 Å². The second-order valence-corrected chi connectivity index (χ2v) is 6.15. The molecule has 8 heteroatoms. The molecule has 29 heavy (non-hydrogen) atoms. The van der Waals surface area contributed by atoms with Gasteiger partial charge in [0.15, 0.2) is 0 Å². The van der Waals surface area contributed by atoms with Gasteiger partial charge in [-0.2, -0.15) is 8.78 Å². The summed E-state index contributed by atoms with van der Waals surface area (Å²) < 4.78 is 34.9. The van der Waals surface area contributed by atoms with Crippen molar-refractivity contribution in [3.05, 3.63) is 59.7 Å². The molecule has 2 amide bonds. The molecule has 0 aliphatic carbocycles. The number of carbonyl (C=O) groups excluding carboxylic acids is 2. The van der Waals surface area contributed by atoms with E-state index in [1.54, 1.807) is 42.5 Å². The molecule has 0 aliphatic rings. The van der Waals surface area contributed by atoms with Crippen molar-refractivity contribution in [1.82, 2.24) is 10.6 Å². The maximum absolute atomic E-state index is 12.6. The number of hydrogen-bond donors (Lipinski definition) is 2. The van der Waals surface area contributed by atoms with E-state index in [1.807, 2.05) is 6.92 Å².